The van der Waals surface area contributed by atoms with Gasteiger partial charge in [0.05, 0.1) is 0 Å². The number of benzene rings is 1. The summed E-state index contributed by atoms with van der Waals surface area (Å²) in [5.41, 5.74) is 3.14. The summed E-state index contributed by atoms with van der Waals surface area (Å²) in [6.45, 7) is 2.01. The van der Waals surface area contributed by atoms with Gasteiger partial charge in [-0.2, -0.15) is 0 Å². The van der Waals surface area contributed by atoms with E-state index in [9.17, 15) is 4.79 Å². The van der Waals surface area contributed by atoms with E-state index < -0.39 is 0 Å². The lowest BCUT2D eigenvalue weighted by Crippen LogP contribution is -2.00. The quantitative estimate of drug-likeness (QED) is 0.746. The van der Waals surface area contributed by atoms with Crippen molar-refractivity contribution in [2.75, 3.05) is 0 Å². The molecule has 18 heavy (non-hydrogen) atoms. The zero-order valence-corrected chi connectivity index (χ0v) is 10.6. The molecule has 0 saturated carbocycles. The first-order chi connectivity index (χ1) is 8.75. The van der Waals surface area contributed by atoms with Crippen LogP contribution in [0.25, 0.3) is 0 Å². The van der Waals surface area contributed by atoms with Crippen molar-refractivity contribution in [3.8, 4) is 0 Å². The maximum absolute atomic E-state index is 12.0. The molecule has 2 nitrogen and oxygen atoms in total. The van der Waals surface area contributed by atoms with Gasteiger partial charge in [0.1, 0.15) is 0 Å². The number of aryl methyl sites for hydroxylation is 2. The Morgan fingerprint density at radius 2 is 2.11 bits per heavy atom. The third-order valence-corrected chi connectivity index (χ3v) is 2.93. The Balaban J connectivity index is 1.86. The van der Waals surface area contributed by atoms with E-state index >= 15 is 0 Å². The molecule has 0 aliphatic heterocycles. The molecule has 0 radical (unpaired) electrons. The number of ketones is 1. The van der Waals surface area contributed by atoms with Gasteiger partial charge in [-0.3, -0.25) is 9.78 Å². The fourth-order valence-electron chi connectivity index (χ4n) is 1.96. The van der Waals surface area contributed by atoms with Gasteiger partial charge >= 0.3 is 0 Å². The number of hydrogen-bond donors (Lipinski definition) is 0. The van der Waals surface area contributed by atoms with E-state index in [1.54, 1.807) is 6.20 Å². The molecule has 2 heteroatoms. The second kappa shape index (κ2) is 6.10. The number of aromatic nitrogens is 1. The monoisotopic (exact) mass is 239 g/mol. The highest BCUT2D eigenvalue weighted by molar-refractivity contribution is 5.96. The molecule has 92 valence electrons. The lowest BCUT2D eigenvalue weighted by Gasteiger charge is -2.02. The van der Waals surface area contributed by atoms with Gasteiger partial charge in [-0.25, -0.2) is 0 Å². The summed E-state index contributed by atoms with van der Waals surface area (Å²) in [4.78, 5) is 16.0. The molecular weight excluding hydrogens is 222 g/mol. The van der Waals surface area contributed by atoms with Crippen LogP contribution in [0.4, 0.5) is 0 Å². The molecular formula is C16H17NO. The molecule has 1 aromatic carbocycles. The highest BCUT2D eigenvalue weighted by Crippen LogP contribution is 2.10. The maximum Gasteiger partial charge on any atom is 0.162 e. The van der Waals surface area contributed by atoms with Crippen LogP contribution in [-0.4, -0.2) is 10.8 Å². The van der Waals surface area contributed by atoms with Crippen LogP contribution < -0.4 is 0 Å². The van der Waals surface area contributed by atoms with E-state index in [2.05, 4.69) is 4.98 Å². The summed E-state index contributed by atoms with van der Waals surface area (Å²) in [5, 5.41) is 0. The number of Topliss-reactive ketones (excluding diaryl/α,β-unsaturated/α-hetero) is 1. The van der Waals surface area contributed by atoms with Gasteiger partial charge < -0.3 is 0 Å². The Hall–Kier alpha value is -1.96. The number of carbonyl (C=O) groups is 1. The molecule has 0 aliphatic rings. The summed E-state index contributed by atoms with van der Waals surface area (Å²) in [7, 11) is 0. The summed E-state index contributed by atoms with van der Waals surface area (Å²) in [6.07, 6.45) is 6.00. The summed E-state index contributed by atoms with van der Waals surface area (Å²) in [6, 6.07) is 11.8. The summed E-state index contributed by atoms with van der Waals surface area (Å²) < 4.78 is 0. The van der Waals surface area contributed by atoms with Crippen molar-refractivity contribution in [1.29, 1.82) is 0 Å². The fraction of sp³-hybridized carbons (Fsp3) is 0.250. The predicted molar refractivity (Wildman–Crippen MR) is 72.7 cm³/mol. The first-order valence-corrected chi connectivity index (χ1v) is 6.24. The van der Waals surface area contributed by atoms with Crippen LogP contribution in [0.15, 0.2) is 48.8 Å². The Morgan fingerprint density at radius 1 is 1.22 bits per heavy atom. The van der Waals surface area contributed by atoms with E-state index in [0.717, 1.165) is 24.0 Å². The molecule has 0 amide bonds. The lowest BCUT2D eigenvalue weighted by molar-refractivity contribution is 0.0980. The molecule has 0 unspecified atom stereocenters. The highest BCUT2D eigenvalue weighted by atomic mass is 16.1. The molecule has 2 rings (SSSR count). The molecule has 0 spiro atoms. The Labute approximate surface area is 108 Å². The van der Waals surface area contributed by atoms with Crippen molar-refractivity contribution in [1.82, 2.24) is 4.98 Å². The number of carbonyl (C=O) groups excluding carboxylic acids is 1. The smallest absolute Gasteiger partial charge is 0.162 e. The van der Waals surface area contributed by atoms with Gasteiger partial charge in [0.2, 0.25) is 0 Å². The van der Waals surface area contributed by atoms with Gasteiger partial charge in [0.25, 0.3) is 0 Å². The molecule has 0 saturated heterocycles. The molecule has 1 aromatic heterocycles. The number of rotatable bonds is 5. The minimum atomic E-state index is 0.225. The van der Waals surface area contributed by atoms with E-state index in [1.165, 1.54) is 5.56 Å². The number of pyridine rings is 1. The normalized spacial score (nSPS) is 10.3. The van der Waals surface area contributed by atoms with Crippen LogP contribution in [0.1, 0.15) is 34.3 Å². The lowest BCUT2D eigenvalue weighted by atomic mass is 10.0. The first kappa shape index (κ1) is 12.5. The van der Waals surface area contributed by atoms with Crippen molar-refractivity contribution in [3.63, 3.8) is 0 Å². The highest BCUT2D eigenvalue weighted by Gasteiger charge is 2.05. The van der Waals surface area contributed by atoms with Crippen LogP contribution in [-0.2, 0) is 6.42 Å². The van der Waals surface area contributed by atoms with Gasteiger partial charge in [0.15, 0.2) is 5.78 Å². The zero-order chi connectivity index (χ0) is 12.8. The first-order valence-electron chi connectivity index (χ1n) is 6.24. The predicted octanol–water partition coefficient (Wildman–Crippen LogP) is 3.60. The fourth-order valence-corrected chi connectivity index (χ4v) is 1.96. The molecule has 2 aromatic rings. The third-order valence-electron chi connectivity index (χ3n) is 2.93. The molecule has 1 heterocycles. The van der Waals surface area contributed by atoms with Crippen molar-refractivity contribution >= 4 is 5.78 Å². The maximum atomic E-state index is 12.0. The van der Waals surface area contributed by atoms with E-state index in [-0.39, 0.29) is 5.78 Å². The average molecular weight is 239 g/mol. The van der Waals surface area contributed by atoms with Gasteiger partial charge in [-0.1, -0.05) is 29.8 Å². The molecule has 0 fully saturated rings. The minimum Gasteiger partial charge on any atom is -0.294 e. The van der Waals surface area contributed by atoms with Crippen molar-refractivity contribution < 1.29 is 4.79 Å². The molecule has 0 N–H and O–H groups in total. The van der Waals surface area contributed by atoms with E-state index in [0.29, 0.717) is 6.42 Å². The SMILES string of the molecule is Cc1cccc(C(=O)CCCc2cccnc2)c1. The van der Waals surface area contributed by atoms with Gasteiger partial charge in [0, 0.05) is 24.4 Å². The van der Waals surface area contributed by atoms with Crippen LogP contribution >= 0.6 is 0 Å². The Kier molecular flexibility index (Phi) is 4.24. The second-order valence-electron chi connectivity index (χ2n) is 4.51. The van der Waals surface area contributed by atoms with E-state index in [4.69, 9.17) is 0 Å². The second-order valence-corrected chi connectivity index (χ2v) is 4.51. The van der Waals surface area contributed by atoms with Crippen LogP contribution in [0.3, 0.4) is 0 Å². The number of nitrogens with zero attached hydrogens (tertiary/aromatic N) is 1. The van der Waals surface area contributed by atoms with E-state index in [1.807, 2.05) is 49.5 Å². The van der Waals surface area contributed by atoms with Crippen molar-refractivity contribution in [3.05, 3.63) is 65.5 Å². The number of hydrogen-bond acceptors (Lipinski definition) is 2. The molecule has 0 aliphatic carbocycles. The van der Waals surface area contributed by atoms with Gasteiger partial charge in [-0.15, -0.1) is 0 Å². The Bertz CT molecular complexity index is 520. The molecule has 0 bridgehead atoms. The molecule has 0 atom stereocenters. The van der Waals surface area contributed by atoms with Crippen LogP contribution in [0.5, 0.6) is 0 Å². The summed E-state index contributed by atoms with van der Waals surface area (Å²) in [5.74, 6) is 0.225. The topological polar surface area (TPSA) is 30.0 Å². The largest absolute Gasteiger partial charge is 0.294 e. The minimum absolute atomic E-state index is 0.225. The Morgan fingerprint density at radius 3 is 2.83 bits per heavy atom. The van der Waals surface area contributed by atoms with Crippen molar-refractivity contribution in [2.45, 2.75) is 26.2 Å². The zero-order valence-electron chi connectivity index (χ0n) is 10.6. The summed E-state index contributed by atoms with van der Waals surface area (Å²) >= 11 is 0. The third kappa shape index (κ3) is 3.52. The van der Waals surface area contributed by atoms with Crippen LogP contribution in [0.2, 0.25) is 0 Å². The standard InChI is InChI=1S/C16H17NO/c1-13-5-2-8-15(11-13)16(18)9-3-6-14-7-4-10-17-12-14/h2,4-5,7-8,10-12H,3,6,9H2,1H3. The van der Waals surface area contributed by atoms with Crippen molar-refractivity contribution in [2.24, 2.45) is 0 Å². The van der Waals surface area contributed by atoms with Crippen LogP contribution in [0, 0.1) is 6.92 Å². The van der Waals surface area contributed by atoms with Gasteiger partial charge in [-0.05, 0) is 37.5 Å². The average Bonchev–Trinajstić information content (AvgIpc) is 2.40.